The number of carbonyl (C=O) groups excluding carboxylic acids is 1. The Hall–Kier alpha value is -1.88. The van der Waals surface area contributed by atoms with Crippen molar-refractivity contribution in [1.82, 2.24) is 0 Å². The van der Waals surface area contributed by atoms with Gasteiger partial charge in [-0.05, 0) is 58.2 Å². The second-order valence-corrected chi connectivity index (χ2v) is 5.48. The summed E-state index contributed by atoms with van der Waals surface area (Å²) in [6.45, 7) is 0.899. The maximum absolute atomic E-state index is 13.2. The van der Waals surface area contributed by atoms with Crippen molar-refractivity contribution in [1.29, 1.82) is 0 Å². The van der Waals surface area contributed by atoms with E-state index >= 15 is 0 Å². The number of rotatable bonds is 2. The van der Waals surface area contributed by atoms with E-state index in [1.165, 1.54) is 17.7 Å². The lowest BCUT2D eigenvalue weighted by molar-refractivity contribution is 0.102. The molecule has 0 fully saturated rings. The van der Waals surface area contributed by atoms with Gasteiger partial charge in [0.2, 0.25) is 0 Å². The van der Waals surface area contributed by atoms with Gasteiger partial charge in [0.15, 0.2) is 0 Å². The van der Waals surface area contributed by atoms with Crippen LogP contribution in [0.3, 0.4) is 0 Å². The average Bonchev–Trinajstić information content (AvgIpc) is 2.90. The zero-order valence-electron chi connectivity index (χ0n) is 10.5. The highest BCUT2D eigenvalue weighted by atomic mass is 79.9. The molecule has 0 aromatic heterocycles. The summed E-state index contributed by atoms with van der Waals surface area (Å²) < 4.78 is 13.8. The van der Waals surface area contributed by atoms with E-state index in [-0.39, 0.29) is 11.7 Å². The minimum Gasteiger partial charge on any atom is -0.384 e. The third kappa shape index (κ3) is 2.54. The summed E-state index contributed by atoms with van der Waals surface area (Å²) in [5.41, 5.74) is 3.18. The highest BCUT2D eigenvalue weighted by Gasteiger charge is 2.14. The van der Waals surface area contributed by atoms with Gasteiger partial charge < -0.3 is 10.6 Å². The Morgan fingerprint density at radius 1 is 1.25 bits per heavy atom. The van der Waals surface area contributed by atoms with Crippen LogP contribution in [-0.4, -0.2) is 12.5 Å². The van der Waals surface area contributed by atoms with Crippen LogP contribution in [0.4, 0.5) is 15.8 Å². The molecule has 0 saturated heterocycles. The Labute approximate surface area is 124 Å². The first-order chi connectivity index (χ1) is 9.63. The number of halogens is 2. The second kappa shape index (κ2) is 5.25. The molecule has 0 saturated carbocycles. The molecule has 0 radical (unpaired) electrons. The Kier molecular flexibility index (Phi) is 3.44. The van der Waals surface area contributed by atoms with Crippen molar-refractivity contribution in [3.8, 4) is 0 Å². The predicted octanol–water partition coefficient (Wildman–Crippen LogP) is 3.81. The Morgan fingerprint density at radius 2 is 2.10 bits per heavy atom. The van der Waals surface area contributed by atoms with Crippen molar-refractivity contribution in [2.75, 3.05) is 17.2 Å². The summed E-state index contributed by atoms with van der Waals surface area (Å²) in [5, 5.41) is 5.94. The minimum atomic E-state index is -0.390. The largest absolute Gasteiger partial charge is 0.384 e. The number of benzene rings is 2. The van der Waals surface area contributed by atoms with Gasteiger partial charge in [-0.2, -0.15) is 0 Å². The number of carbonyl (C=O) groups is 1. The molecule has 0 aliphatic carbocycles. The fourth-order valence-corrected chi connectivity index (χ4v) is 2.57. The molecule has 0 bridgehead atoms. The maximum Gasteiger partial charge on any atom is 0.255 e. The van der Waals surface area contributed by atoms with Gasteiger partial charge in [-0.1, -0.05) is 6.07 Å². The van der Waals surface area contributed by atoms with Crippen LogP contribution in [0.15, 0.2) is 40.9 Å². The first kappa shape index (κ1) is 13.1. The van der Waals surface area contributed by atoms with Gasteiger partial charge in [0.05, 0.1) is 5.69 Å². The molecule has 0 unspecified atom stereocenters. The van der Waals surface area contributed by atoms with Crippen LogP contribution in [0.5, 0.6) is 0 Å². The molecule has 3 nitrogen and oxygen atoms in total. The molecule has 2 aromatic carbocycles. The summed E-state index contributed by atoms with van der Waals surface area (Å²) in [6, 6.07) is 9.74. The van der Waals surface area contributed by atoms with Gasteiger partial charge >= 0.3 is 0 Å². The van der Waals surface area contributed by atoms with E-state index in [0.29, 0.717) is 15.7 Å². The summed E-state index contributed by atoms with van der Waals surface area (Å²) in [6.07, 6.45) is 0.979. The normalized spacial score (nSPS) is 12.7. The molecule has 1 heterocycles. The third-order valence-electron chi connectivity index (χ3n) is 3.26. The quantitative estimate of drug-likeness (QED) is 0.876. The molecule has 1 aliphatic rings. The lowest BCUT2D eigenvalue weighted by Gasteiger charge is -2.09. The number of hydrogen-bond acceptors (Lipinski definition) is 2. The monoisotopic (exact) mass is 334 g/mol. The van der Waals surface area contributed by atoms with Gasteiger partial charge in [0, 0.05) is 22.3 Å². The molecule has 2 N–H and O–H groups in total. The van der Waals surface area contributed by atoms with Crippen LogP contribution in [0, 0.1) is 5.82 Å². The zero-order valence-corrected chi connectivity index (χ0v) is 12.1. The second-order valence-electron chi connectivity index (χ2n) is 4.63. The van der Waals surface area contributed by atoms with Crippen molar-refractivity contribution in [3.63, 3.8) is 0 Å². The SMILES string of the molecule is O=C(Nc1cc(F)ccc1Br)c1ccc2c(c1)NCC2. The number of fused-ring (bicyclic) bond motifs is 1. The molecular formula is C15H12BrFN2O. The van der Waals surface area contributed by atoms with Gasteiger partial charge in [-0.3, -0.25) is 4.79 Å². The van der Waals surface area contributed by atoms with Gasteiger partial charge in [0.1, 0.15) is 5.82 Å². The highest BCUT2D eigenvalue weighted by molar-refractivity contribution is 9.10. The highest BCUT2D eigenvalue weighted by Crippen LogP contribution is 2.26. The van der Waals surface area contributed by atoms with Gasteiger partial charge in [-0.25, -0.2) is 4.39 Å². The standard InChI is InChI=1S/C15H12BrFN2O/c16-12-4-3-11(17)8-14(12)19-15(20)10-2-1-9-5-6-18-13(9)7-10/h1-4,7-8,18H,5-6H2,(H,19,20). The molecule has 102 valence electrons. The van der Waals surface area contributed by atoms with Crippen molar-refractivity contribution in [3.05, 3.63) is 57.8 Å². The fourth-order valence-electron chi connectivity index (χ4n) is 2.22. The molecule has 1 aliphatic heterocycles. The number of amides is 1. The van der Waals surface area contributed by atoms with Crippen LogP contribution < -0.4 is 10.6 Å². The number of anilines is 2. The molecule has 0 atom stereocenters. The summed E-state index contributed by atoms with van der Waals surface area (Å²) in [7, 11) is 0. The fraction of sp³-hybridized carbons (Fsp3) is 0.133. The average molecular weight is 335 g/mol. The van der Waals surface area contributed by atoms with Gasteiger partial charge in [0.25, 0.3) is 5.91 Å². The maximum atomic E-state index is 13.2. The Morgan fingerprint density at radius 3 is 2.95 bits per heavy atom. The first-order valence-electron chi connectivity index (χ1n) is 6.27. The van der Waals surface area contributed by atoms with Crippen molar-refractivity contribution >= 4 is 33.2 Å². The van der Waals surface area contributed by atoms with Crippen LogP contribution in [-0.2, 0) is 6.42 Å². The molecule has 5 heteroatoms. The molecule has 0 spiro atoms. The topological polar surface area (TPSA) is 41.1 Å². The summed E-state index contributed by atoms with van der Waals surface area (Å²) in [5.74, 6) is -0.646. The summed E-state index contributed by atoms with van der Waals surface area (Å²) >= 11 is 3.29. The van der Waals surface area contributed by atoms with E-state index in [4.69, 9.17) is 0 Å². The van der Waals surface area contributed by atoms with E-state index in [2.05, 4.69) is 26.6 Å². The van der Waals surface area contributed by atoms with Crippen molar-refractivity contribution in [2.45, 2.75) is 6.42 Å². The molecular weight excluding hydrogens is 323 g/mol. The third-order valence-corrected chi connectivity index (χ3v) is 3.95. The predicted molar refractivity (Wildman–Crippen MR) is 80.7 cm³/mol. The van der Waals surface area contributed by atoms with E-state index in [1.807, 2.05) is 12.1 Å². The summed E-state index contributed by atoms with van der Waals surface area (Å²) in [4.78, 5) is 12.2. The van der Waals surface area contributed by atoms with Crippen LogP contribution in [0.25, 0.3) is 0 Å². The van der Waals surface area contributed by atoms with E-state index in [0.717, 1.165) is 18.7 Å². The van der Waals surface area contributed by atoms with Gasteiger partial charge in [-0.15, -0.1) is 0 Å². The Balaban J connectivity index is 1.84. The lowest BCUT2D eigenvalue weighted by Crippen LogP contribution is -2.12. The smallest absolute Gasteiger partial charge is 0.255 e. The van der Waals surface area contributed by atoms with E-state index < -0.39 is 0 Å². The molecule has 1 amide bonds. The zero-order chi connectivity index (χ0) is 14.1. The number of nitrogens with one attached hydrogen (secondary N) is 2. The van der Waals surface area contributed by atoms with Crippen LogP contribution >= 0.6 is 15.9 Å². The van der Waals surface area contributed by atoms with E-state index in [1.54, 1.807) is 12.1 Å². The van der Waals surface area contributed by atoms with Crippen molar-refractivity contribution < 1.29 is 9.18 Å². The molecule has 20 heavy (non-hydrogen) atoms. The molecule has 2 aromatic rings. The minimum absolute atomic E-state index is 0.257. The number of hydrogen-bond donors (Lipinski definition) is 2. The van der Waals surface area contributed by atoms with Crippen LogP contribution in [0.2, 0.25) is 0 Å². The van der Waals surface area contributed by atoms with Crippen molar-refractivity contribution in [2.24, 2.45) is 0 Å². The first-order valence-corrected chi connectivity index (χ1v) is 7.06. The van der Waals surface area contributed by atoms with E-state index in [9.17, 15) is 9.18 Å². The Bertz CT molecular complexity index is 688. The van der Waals surface area contributed by atoms with Crippen LogP contribution in [0.1, 0.15) is 15.9 Å². The molecule has 3 rings (SSSR count). The lowest BCUT2D eigenvalue weighted by atomic mass is 10.1.